The van der Waals surface area contributed by atoms with E-state index in [1.807, 2.05) is 0 Å². The molecule has 3 fully saturated rings. The van der Waals surface area contributed by atoms with Crippen LogP contribution in [0.3, 0.4) is 0 Å². The number of rotatable bonds is 5. The molecule has 3 aliphatic rings. The average Bonchev–Trinajstić information content (AvgIpc) is 3.33. The molecule has 116 valence electrons. The van der Waals surface area contributed by atoms with E-state index in [1.165, 1.54) is 58.0 Å². The maximum absolute atomic E-state index is 6.01. The number of nitrogens with one attached hydrogen (secondary N) is 1. The number of hydrogen-bond donors (Lipinski definition) is 1. The highest BCUT2D eigenvalue weighted by Crippen LogP contribution is 2.37. The number of hydrogen-bond acceptors (Lipinski definition) is 3. The van der Waals surface area contributed by atoms with Gasteiger partial charge < -0.3 is 10.1 Å². The van der Waals surface area contributed by atoms with Crippen LogP contribution in [-0.4, -0.2) is 48.8 Å². The SMILES string of the molecule is CCC1(CC)CNC(C2CC2)CN1CC1CCCCO1. The first-order valence-electron chi connectivity index (χ1n) is 8.87. The molecule has 3 nitrogen and oxygen atoms in total. The molecule has 0 radical (unpaired) electrons. The van der Waals surface area contributed by atoms with Crippen LogP contribution in [0.15, 0.2) is 0 Å². The Balaban J connectivity index is 1.66. The molecule has 0 amide bonds. The van der Waals surface area contributed by atoms with Crippen LogP contribution in [-0.2, 0) is 4.74 Å². The Morgan fingerprint density at radius 3 is 2.55 bits per heavy atom. The molecular weight excluding hydrogens is 248 g/mol. The summed E-state index contributed by atoms with van der Waals surface area (Å²) in [4.78, 5) is 2.79. The normalized spacial score (nSPS) is 35.1. The third kappa shape index (κ3) is 3.05. The summed E-state index contributed by atoms with van der Waals surface area (Å²) in [5, 5.41) is 3.86. The topological polar surface area (TPSA) is 24.5 Å². The Bertz CT molecular complexity index is 306. The molecule has 0 aromatic heterocycles. The van der Waals surface area contributed by atoms with Crippen LogP contribution in [0.5, 0.6) is 0 Å². The first kappa shape index (κ1) is 14.8. The van der Waals surface area contributed by atoms with Crippen molar-refractivity contribution >= 4 is 0 Å². The molecule has 0 aromatic carbocycles. The van der Waals surface area contributed by atoms with Gasteiger partial charge in [-0.1, -0.05) is 13.8 Å². The second-order valence-corrected chi connectivity index (χ2v) is 7.15. The Kier molecular flexibility index (Phi) is 4.68. The highest BCUT2D eigenvalue weighted by molar-refractivity contribution is 5.02. The molecule has 2 saturated heterocycles. The average molecular weight is 280 g/mol. The standard InChI is InChI=1S/C17H32N2O/c1-3-17(4-2)13-18-16(14-8-9-14)12-19(17)11-15-7-5-6-10-20-15/h14-16,18H,3-13H2,1-2H3. The van der Waals surface area contributed by atoms with Gasteiger partial charge in [0.15, 0.2) is 0 Å². The maximum atomic E-state index is 6.01. The predicted molar refractivity (Wildman–Crippen MR) is 83.0 cm³/mol. The fraction of sp³-hybridized carbons (Fsp3) is 1.00. The molecule has 3 heteroatoms. The van der Waals surface area contributed by atoms with Crippen molar-refractivity contribution in [2.24, 2.45) is 5.92 Å². The number of nitrogens with zero attached hydrogens (tertiary/aromatic N) is 1. The highest BCUT2D eigenvalue weighted by Gasteiger charge is 2.43. The molecule has 1 saturated carbocycles. The highest BCUT2D eigenvalue weighted by atomic mass is 16.5. The van der Waals surface area contributed by atoms with Crippen molar-refractivity contribution in [3.63, 3.8) is 0 Å². The summed E-state index contributed by atoms with van der Waals surface area (Å²) in [6.45, 7) is 9.27. The lowest BCUT2D eigenvalue weighted by molar-refractivity contribution is -0.0502. The molecule has 2 unspecified atom stereocenters. The van der Waals surface area contributed by atoms with Gasteiger partial charge in [0.25, 0.3) is 0 Å². The van der Waals surface area contributed by atoms with Gasteiger partial charge in [-0.25, -0.2) is 0 Å². The van der Waals surface area contributed by atoms with E-state index in [-0.39, 0.29) is 0 Å². The summed E-state index contributed by atoms with van der Waals surface area (Å²) < 4.78 is 6.01. The molecule has 0 aromatic rings. The van der Waals surface area contributed by atoms with E-state index in [9.17, 15) is 0 Å². The molecule has 2 atom stereocenters. The van der Waals surface area contributed by atoms with Gasteiger partial charge >= 0.3 is 0 Å². The molecule has 3 rings (SSSR count). The fourth-order valence-electron chi connectivity index (χ4n) is 4.16. The monoisotopic (exact) mass is 280 g/mol. The quantitative estimate of drug-likeness (QED) is 0.838. The van der Waals surface area contributed by atoms with Gasteiger partial charge in [0.1, 0.15) is 0 Å². The van der Waals surface area contributed by atoms with E-state index >= 15 is 0 Å². The van der Waals surface area contributed by atoms with Crippen LogP contribution in [0.25, 0.3) is 0 Å². The molecular formula is C17H32N2O. The Morgan fingerprint density at radius 2 is 1.95 bits per heavy atom. The van der Waals surface area contributed by atoms with Crippen molar-refractivity contribution < 1.29 is 4.74 Å². The molecule has 1 N–H and O–H groups in total. The third-order valence-corrected chi connectivity index (χ3v) is 5.99. The van der Waals surface area contributed by atoms with Crippen molar-refractivity contribution in [3.8, 4) is 0 Å². The summed E-state index contributed by atoms with van der Waals surface area (Å²) in [5.74, 6) is 0.955. The summed E-state index contributed by atoms with van der Waals surface area (Å²) in [6, 6.07) is 0.741. The van der Waals surface area contributed by atoms with Gasteiger partial charge in [-0.05, 0) is 50.9 Å². The minimum Gasteiger partial charge on any atom is -0.377 e. The van der Waals surface area contributed by atoms with Crippen molar-refractivity contribution in [1.29, 1.82) is 0 Å². The summed E-state index contributed by atoms with van der Waals surface area (Å²) in [6.07, 6.45) is 9.75. The second kappa shape index (κ2) is 6.33. The zero-order chi connectivity index (χ0) is 14.0. The van der Waals surface area contributed by atoms with E-state index in [0.717, 1.165) is 25.1 Å². The van der Waals surface area contributed by atoms with Crippen LogP contribution < -0.4 is 5.32 Å². The zero-order valence-electron chi connectivity index (χ0n) is 13.4. The third-order valence-electron chi connectivity index (χ3n) is 5.99. The number of ether oxygens (including phenoxy) is 1. The van der Waals surface area contributed by atoms with E-state index in [4.69, 9.17) is 4.74 Å². The summed E-state index contributed by atoms with van der Waals surface area (Å²) in [7, 11) is 0. The number of piperazine rings is 1. The first-order valence-corrected chi connectivity index (χ1v) is 8.87. The molecule has 2 aliphatic heterocycles. The second-order valence-electron chi connectivity index (χ2n) is 7.15. The zero-order valence-corrected chi connectivity index (χ0v) is 13.4. The van der Waals surface area contributed by atoms with Crippen molar-refractivity contribution in [2.45, 2.75) is 76.5 Å². The van der Waals surface area contributed by atoms with E-state index in [2.05, 4.69) is 24.1 Å². The van der Waals surface area contributed by atoms with Gasteiger partial charge in [-0.3, -0.25) is 4.90 Å². The van der Waals surface area contributed by atoms with Crippen molar-refractivity contribution in [2.75, 3.05) is 26.2 Å². The minimum absolute atomic E-state index is 0.367. The molecule has 0 spiro atoms. The minimum atomic E-state index is 0.367. The van der Waals surface area contributed by atoms with Crippen LogP contribution in [0, 0.1) is 5.92 Å². The van der Waals surface area contributed by atoms with Crippen molar-refractivity contribution in [3.05, 3.63) is 0 Å². The van der Waals surface area contributed by atoms with Crippen LogP contribution >= 0.6 is 0 Å². The Labute approximate surface area is 124 Å². The Morgan fingerprint density at radius 1 is 1.15 bits per heavy atom. The van der Waals surface area contributed by atoms with Gasteiger partial charge in [0, 0.05) is 37.8 Å². The predicted octanol–water partition coefficient (Wildman–Crippen LogP) is 2.80. The molecule has 1 aliphatic carbocycles. The summed E-state index contributed by atoms with van der Waals surface area (Å²) >= 11 is 0. The Hall–Kier alpha value is -0.120. The largest absolute Gasteiger partial charge is 0.377 e. The van der Waals surface area contributed by atoms with Gasteiger partial charge in [0.2, 0.25) is 0 Å². The van der Waals surface area contributed by atoms with Crippen LogP contribution in [0.4, 0.5) is 0 Å². The van der Waals surface area contributed by atoms with Gasteiger partial charge in [-0.2, -0.15) is 0 Å². The lowest BCUT2D eigenvalue weighted by Crippen LogP contribution is -2.66. The van der Waals surface area contributed by atoms with Gasteiger partial charge in [-0.15, -0.1) is 0 Å². The van der Waals surface area contributed by atoms with E-state index < -0.39 is 0 Å². The van der Waals surface area contributed by atoms with Crippen molar-refractivity contribution in [1.82, 2.24) is 10.2 Å². The molecule has 0 bridgehead atoms. The first-order chi connectivity index (χ1) is 9.77. The van der Waals surface area contributed by atoms with Gasteiger partial charge in [0.05, 0.1) is 6.10 Å². The lowest BCUT2D eigenvalue weighted by Gasteiger charge is -2.51. The molecule has 2 heterocycles. The summed E-state index contributed by atoms with van der Waals surface area (Å²) in [5.41, 5.74) is 0.367. The van der Waals surface area contributed by atoms with E-state index in [1.54, 1.807) is 0 Å². The van der Waals surface area contributed by atoms with E-state index in [0.29, 0.717) is 11.6 Å². The smallest absolute Gasteiger partial charge is 0.0702 e. The fourth-order valence-corrected chi connectivity index (χ4v) is 4.16. The van der Waals surface area contributed by atoms with Crippen LogP contribution in [0.1, 0.15) is 58.8 Å². The lowest BCUT2D eigenvalue weighted by atomic mass is 9.86. The van der Waals surface area contributed by atoms with Crippen LogP contribution in [0.2, 0.25) is 0 Å². The molecule has 20 heavy (non-hydrogen) atoms. The maximum Gasteiger partial charge on any atom is 0.0702 e.